The topological polar surface area (TPSA) is 80.5 Å². The Morgan fingerprint density at radius 1 is 1.35 bits per heavy atom. The Bertz CT molecular complexity index is 673. The first kappa shape index (κ1) is 15.5. The SMILES string of the molecule is CCc1noc(-c2ccc(CCN=C(N)N(C)C3CC3)cc2)n1. The van der Waals surface area contributed by atoms with Gasteiger partial charge in [-0.2, -0.15) is 4.98 Å². The van der Waals surface area contributed by atoms with E-state index in [9.17, 15) is 0 Å². The molecule has 2 N–H and O–H groups in total. The second-order valence-corrected chi connectivity index (χ2v) is 5.90. The molecule has 1 saturated carbocycles. The number of guanidine groups is 1. The molecule has 1 aromatic heterocycles. The van der Waals surface area contributed by atoms with E-state index in [1.54, 1.807) is 0 Å². The number of nitrogens with two attached hydrogens (primary N) is 1. The van der Waals surface area contributed by atoms with Crippen molar-refractivity contribution in [3.05, 3.63) is 35.7 Å². The van der Waals surface area contributed by atoms with Gasteiger partial charge in [0.15, 0.2) is 11.8 Å². The van der Waals surface area contributed by atoms with Gasteiger partial charge in [0.25, 0.3) is 5.89 Å². The van der Waals surface area contributed by atoms with Crippen molar-refractivity contribution < 1.29 is 4.52 Å². The lowest BCUT2D eigenvalue weighted by molar-refractivity contribution is 0.423. The van der Waals surface area contributed by atoms with Gasteiger partial charge in [0, 0.05) is 31.6 Å². The molecule has 1 fully saturated rings. The summed E-state index contributed by atoms with van der Waals surface area (Å²) in [4.78, 5) is 10.9. The van der Waals surface area contributed by atoms with Crippen molar-refractivity contribution in [1.82, 2.24) is 15.0 Å². The fourth-order valence-corrected chi connectivity index (χ4v) is 2.39. The maximum absolute atomic E-state index is 5.99. The molecule has 1 aromatic carbocycles. The molecule has 6 nitrogen and oxygen atoms in total. The lowest BCUT2D eigenvalue weighted by Gasteiger charge is -2.16. The van der Waals surface area contributed by atoms with E-state index in [2.05, 4.69) is 32.2 Å². The van der Waals surface area contributed by atoms with E-state index < -0.39 is 0 Å². The average molecular weight is 313 g/mol. The van der Waals surface area contributed by atoms with Gasteiger partial charge in [0.1, 0.15) is 0 Å². The van der Waals surface area contributed by atoms with E-state index in [0.29, 0.717) is 24.4 Å². The zero-order valence-corrected chi connectivity index (χ0v) is 13.7. The molecule has 1 heterocycles. The highest BCUT2D eigenvalue weighted by molar-refractivity contribution is 5.78. The van der Waals surface area contributed by atoms with Crippen LogP contribution in [0.5, 0.6) is 0 Å². The maximum Gasteiger partial charge on any atom is 0.257 e. The maximum atomic E-state index is 5.99. The largest absolute Gasteiger partial charge is 0.370 e. The molecule has 0 spiro atoms. The molecule has 3 rings (SSSR count). The Hall–Kier alpha value is -2.37. The number of aryl methyl sites for hydroxylation is 1. The fourth-order valence-electron chi connectivity index (χ4n) is 2.39. The number of nitrogens with zero attached hydrogens (tertiary/aromatic N) is 4. The third kappa shape index (κ3) is 3.88. The Balaban J connectivity index is 1.56. The van der Waals surface area contributed by atoms with Crippen molar-refractivity contribution in [1.29, 1.82) is 0 Å². The van der Waals surface area contributed by atoms with Gasteiger partial charge in [-0.25, -0.2) is 0 Å². The molecule has 1 aliphatic rings. The van der Waals surface area contributed by atoms with Crippen LogP contribution in [0.4, 0.5) is 0 Å². The molecule has 2 aromatic rings. The van der Waals surface area contributed by atoms with Gasteiger partial charge in [-0.05, 0) is 37.0 Å². The van der Waals surface area contributed by atoms with E-state index in [1.165, 1.54) is 18.4 Å². The van der Waals surface area contributed by atoms with Gasteiger partial charge in [0.05, 0.1) is 0 Å². The fraction of sp³-hybridized carbons (Fsp3) is 0.471. The first-order valence-corrected chi connectivity index (χ1v) is 8.12. The van der Waals surface area contributed by atoms with E-state index in [0.717, 1.165) is 24.2 Å². The highest BCUT2D eigenvalue weighted by atomic mass is 16.5. The van der Waals surface area contributed by atoms with E-state index in [1.807, 2.05) is 26.1 Å². The van der Waals surface area contributed by atoms with E-state index >= 15 is 0 Å². The third-order valence-electron chi connectivity index (χ3n) is 4.12. The molecule has 0 amide bonds. The zero-order chi connectivity index (χ0) is 16.2. The van der Waals surface area contributed by atoms with Gasteiger partial charge in [-0.1, -0.05) is 24.2 Å². The number of benzene rings is 1. The second kappa shape index (κ2) is 6.81. The molecule has 122 valence electrons. The van der Waals surface area contributed by atoms with Crippen LogP contribution in [-0.2, 0) is 12.8 Å². The van der Waals surface area contributed by atoms with Crippen LogP contribution in [-0.4, -0.2) is 40.6 Å². The number of hydrogen-bond acceptors (Lipinski definition) is 4. The predicted molar refractivity (Wildman–Crippen MR) is 90.1 cm³/mol. The van der Waals surface area contributed by atoms with E-state index in [4.69, 9.17) is 10.3 Å². The van der Waals surface area contributed by atoms with Gasteiger partial charge < -0.3 is 15.2 Å². The van der Waals surface area contributed by atoms with Crippen molar-refractivity contribution >= 4 is 5.96 Å². The monoisotopic (exact) mass is 313 g/mol. The van der Waals surface area contributed by atoms with Gasteiger partial charge in [0.2, 0.25) is 0 Å². The molecule has 1 aliphatic carbocycles. The average Bonchev–Trinajstić information content (AvgIpc) is 3.32. The van der Waals surface area contributed by atoms with Crippen LogP contribution in [0, 0.1) is 0 Å². The summed E-state index contributed by atoms with van der Waals surface area (Å²) in [6, 6.07) is 8.75. The first-order valence-electron chi connectivity index (χ1n) is 8.12. The Morgan fingerprint density at radius 2 is 2.09 bits per heavy atom. The number of aromatic nitrogens is 2. The van der Waals surface area contributed by atoms with Crippen LogP contribution in [0.1, 0.15) is 31.2 Å². The predicted octanol–water partition coefficient (Wildman–Crippen LogP) is 2.25. The minimum Gasteiger partial charge on any atom is -0.370 e. The molecule has 23 heavy (non-hydrogen) atoms. The van der Waals surface area contributed by atoms with Gasteiger partial charge in [-0.15, -0.1) is 0 Å². The lowest BCUT2D eigenvalue weighted by Crippen LogP contribution is -2.35. The molecule has 0 bridgehead atoms. The summed E-state index contributed by atoms with van der Waals surface area (Å²) in [5.74, 6) is 1.94. The van der Waals surface area contributed by atoms with Crippen molar-refractivity contribution in [3.8, 4) is 11.5 Å². The molecule has 0 radical (unpaired) electrons. The Morgan fingerprint density at radius 3 is 2.70 bits per heavy atom. The molecule has 0 saturated heterocycles. The molecule has 0 aliphatic heterocycles. The molecule has 0 atom stereocenters. The summed E-state index contributed by atoms with van der Waals surface area (Å²) >= 11 is 0. The van der Waals surface area contributed by atoms with Crippen molar-refractivity contribution in [2.75, 3.05) is 13.6 Å². The van der Waals surface area contributed by atoms with Crippen LogP contribution < -0.4 is 5.73 Å². The van der Waals surface area contributed by atoms with E-state index in [-0.39, 0.29) is 0 Å². The summed E-state index contributed by atoms with van der Waals surface area (Å²) in [6.45, 7) is 2.70. The Labute approximate surface area is 136 Å². The minimum atomic E-state index is 0.571. The highest BCUT2D eigenvalue weighted by Crippen LogP contribution is 2.24. The third-order valence-corrected chi connectivity index (χ3v) is 4.12. The Kier molecular flexibility index (Phi) is 4.60. The minimum absolute atomic E-state index is 0.571. The van der Waals surface area contributed by atoms with Crippen LogP contribution in [0.15, 0.2) is 33.8 Å². The summed E-state index contributed by atoms with van der Waals surface area (Å²) in [7, 11) is 2.01. The normalized spacial score (nSPS) is 15.0. The number of hydrogen-bond donors (Lipinski definition) is 1. The summed E-state index contributed by atoms with van der Waals surface area (Å²) < 4.78 is 5.24. The quantitative estimate of drug-likeness (QED) is 0.653. The van der Waals surface area contributed by atoms with Crippen LogP contribution in [0.25, 0.3) is 11.5 Å². The molecule has 6 heteroatoms. The van der Waals surface area contributed by atoms with Crippen LogP contribution in [0.3, 0.4) is 0 Å². The lowest BCUT2D eigenvalue weighted by atomic mass is 10.1. The van der Waals surface area contributed by atoms with Crippen molar-refractivity contribution in [2.24, 2.45) is 10.7 Å². The van der Waals surface area contributed by atoms with Crippen molar-refractivity contribution in [2.45, 2.75) is 38.6 Å². The number of rotatable bonds is 6. The first-order chi connectivity index (χ1) is 11.2. The standard InChI is InChI=1S/C17H23N5O/c1-3-15-20-16(23-21-15)13-6-4-12(5-7-13)10-11-19-17(18)22(2)14-8-9-14/h4-7,14H,3,8-11H2,1-2H3,(H2,18,19). The van der Waals surface area contributed by atoms with Crippen LogP contribution >= 0.6 is 0 Å². The summed E-state index contributed by atoms with van der Waals surface area (Å²) in [5, 5.41) is 3.92. The molecular weight excluding hydrogens is 290 g/mol. The second-order valence-electron chi connectivity index (χ2n) is 5.90. The summed E-state index contributed by atoms with van der Waals surface area (Å²) in [5.41, 5.74) is 8.15. The van der Waals surface area contributed by atoms with Gasteiger partial charge in [-0.3, -0.25) is 4.99 Å². The van der Waals surface area contributed by atoms with Gasteiger partial charge >= 0.3 is 0 Å². The smallest absolute Gasteiger partial charge is 0.257 e. The number of aliphatic imine (C=N–C) groups is 1. The van der Waals surface area contributed by atoms with Crippen LogP contribution in [0.2, 0.25) is 0 Å². The highest BCUT2D eigenvalue weighted by Gasteiger charge is 2.27. The summed E-state index contributed by atoms with van der Waals surface area (Å²) in [6.07, 6.45) is 4.09. The van der Waals surface area contributed by atoms with Crippen molar-refractivity contribution in [3.63, 3.8) is 0 Å². The molecule has 0 unspecified atom stereocenters. The molecular formula is C17H23N5O. The zero-order valence-electron chi connectivity index (χ0n) is 13.7.